The highest BCUT2D eigenvalue weighted by atomic mass is 16.5. The van der Waals surface area contributed by atoms with E-state index in [0.29, 0.717) is 5.57 Å². The van der Waals surface area contributed by atoms with Gasteiger partial charge in [-0.15, -0.1) is 0 Å². The molecule has 0 aromatic heterocycles. The summed E-state index contributed by atoms with van der Waals surface area (Å²) in [4.78, 5) is 47.1. The first-order valence-electron chi connectivity index (χ1n) is 6.87. The molecule has 0 N–H and O–H groups in total. The third-order valence-corrected chi connectivity index (χ3v) is 3.81. The van der Waals surface area contributed by atoms with Crippen LogP contribution in [0.4, 0.5) is 0 Å². The summed E-state index contributed by atoms with van der Waals surface area (Å²) in [6, 6.07) is 0. The molecule has 22 heavy (non-hydrogen) atoms. The Kier molecular flexibility index (Phi) is 6.27. The highest BCUT2D eigenvalue weighted by Gasteiger charge is 2.50. The number of carbonyl (C=O) groups excluding carboxylic acids is 4. The zero-order valence-corrected chi connectivity index (χ0v) is 13.0. The zero-order chi connectivity index (χ0) is 16.8. The number of hydrogen-bond donors (Lipinski definition) is 0. The largest absolute Gasteiger partial charge is 0.469 e. The maximum absolute atomic E-state index is 12.6. The lowest BCUT2D eigenvalue weighted by Gasteiger charge is -2.24. The summed E-state index contributed by atoms with van der Waals surface area (Å²) in [6.07, 6.45) is 2.00. The monoisotopic (exact) mass is 312 g/mol. The summed E-state index contributed by atoms with van der Waals surface area (Å²) in [5.74, 6) is -2.00. The predicted molar refractivity (Wildman–Crippen MR) is 74.7 cm³/mol. The van der Waals surface area contributed by atoms with Crippen molar-refractivity contribution in [1.29, 1.82) is 0 Å². The second kappa shape index (κ2) is 7.72. The lowest BCUT2D eigenvalue weighted by atomic mass is 9.78. The van der Waals surface area contributed by atoms with Gasteiger partial charge in [0.1, 0.15) is 5.41 Å². The first-order valence-corrected chi connectivity index (χ1v) is 6.87. The molecule has 0 heterocycles. The van der Waals surface area contributed by atoms with E-state index in [9.17, 15) is 19.2 Å². The Balaban J connectivity index is 2.83. The van der Waals surface area contributed by atoms with Crippen LogP contribution in [0.2, 0.25) is 0 Å². The molecule has 0 radical (unpaired) electrons. The van der Waals surface area contributed by atoms with Crippen LogP contribution in [-0.4, -0.2) is 45.0 Å². The maximum Gasteiger partial charge on any atom is 0.320 e. The van der Waals surface area contributed by atoms with Crippen LogP contribution in [0.5, 0.6) is 0 Å². The van der Waals surface area contributed by atoms with Crippen molar-refractivity contribution in [3.05, 3.63) is 11.6 Å². The highest BCUT2D eigenvalue weighted by Crippen LogP contribution is 2.41. The number of allylic oxidation sites excluding steroid dienone is 2. The molecule has 1 unspecified atom stereocenters. The Morgan fingerprint density at radius 2 is 1.64 bits per heavy atom. The van der Waals surface area contributed by atoms with Gasteiger partial charge in [-0.3, -0.25) is 19.2 Å². The number of hydrogen-bond acceptors (Lipinski definition) is 7. The Labute approximate surface area is 128 Å². The van der Waals surface area contributed by atoms with E-state index in [1.807, 2.05) is 0 Å². The van der Waals surface area contributed by atoms with Crippen LogP contribution in [0.1, 0.15) is 32.1 Å². The molecule has 0 aromatic carbocycles. The second-order valence-corrected chi connectivity index (χ2v) is 4.99. The van der Waals surface area contributed by atoms with Gasteiger partial charge >= 0.3 is 17.9 Å². The fourth-order valence-electron chi connectivity index (χ4n) is 2.45. The number of rotatable bonds is 7. The topological polar surface area (TPSA) is 96.0 Å². The van der Waals surface area contributed by atoms with Gasteiger partial charge in [0.2, 0.25) is 0 Å². The summed E-state index contributed by atoms with van der Waals surface area (Å²) < 4.78 is 13.8. The molecular formula is C15H20O7. The molecule has 1 rings (SSSR count). The van der Waals surface area contributed by atoms with Gasteiger partial charge in [0.25, 0.3) is 0 Å². The van der Waals surface area contributed by atoms with Crippen molar-refractivity contribution in [2.24, 2.45) is 5.41 Å². The van der Waals surface area contributed by atoms with E-state index in [2.05, 4.69) is 9.47 Å². The normalized spacial score (nSPS) is 20.3. The molecule has 122 valence electrons. The number of ketones is 1. The molecule has 0 amide bonds. The molecule has 1 aliphatic rings. The Morgan fingerprint density at radius 1 is 1.05 bits per heavy atom. The third kappa shape index (κ3) is 3.72. The average Bonchev–Trinajstić information content (AvgIpc) is 2.86. The Hall–Kier alpha value is -2.18. The van der Waals surface area contributed by atoms with Crippen molar-refractivity contribution in [1.82, 2.24) is 0 Å². The minimum atomic E-state index is -1.39. The molecule has 0 bridgehead atoms. The van der Waals surface area contributed by atoms with Crippen molar-refractivity contribution in [2.45, 2.75) is 32.1 Å². The van der Waals surface area contributed by atoms with Gasteiger partial charge in [0, 0.05) is 12.8 Å². The minimum Gasteiger partial charge on any atom is -0.469 e. The van der Waals surface area contributed by atoms with Gasteiger partial charge in [-0.2, -0.15) is 0 Å². The number of carbonyl (C=O) groups is 4. The zero-order valence-electron chi connectivity index (χ0n) is 13.0. The summed E-state index contributed by atoms with van der Waals surface area (Å²) >= 11 is 0. The van der Waals surface area contributed by atoms with Gasteiger partial charge < -0.3 is 14.2 Å². The van der Waals surface area contributed by atoms with E-state index in [0.717, 1.165) is 0 Å². The molecular weight excluding hydrogens is 292 g/mol. The maximum atomic E-state index is 12.6. The summed E-state index contributed by atoms with van der Waals surface area (Å²) in [5, 5.41) is 0. The Bertz CT molecular complexity index is 506. The van der Waals surface area contributed by atoms with E-state index >= 15 is 0 Å². The Morgan fingerprint density at radius 3 is 2.18 bits per heavy atom. The van der Waals surface area contributed by atoms with Crippen LogP contribution in [0.15, 0.2) is 11.6 Å². The van der Waals surface area contributed by atoms with Gasteiger partial charge in [-0.05, 0) is 24.8 Å². The van der Waals surface area contributed by atoms with Crippen LogP contribution >= 0.6 is 0 Å². The van der Waals surface area contributed by atoms with Crippen molar-refractivity contribution in [3.63, 3.8) is 0 Å². The average molecular weight is 312 g/mol. The van der Waals surface area contributed by atoms with Gasteiger partial charge in [-0.1, -0.05) is 6.08 Å². The molecule has 7 heteroatoms. The lowest BCUT2D eigenvalue weighted by molar-refractivity contribution is -0.157. The molecule has 1 aliphatic carbocycles. The summed E-state index contributed by atoms with van der Waals surface area (Å²) in [5.41, 5.74) is -1.00. The second-order valence-electron chi connectivity index (χ2n) is 4.99. The standard InChI is InChI=1S/C15H20O7/c1-20-11(16)5-4-10-6-8-15(13(10)18,14(19)22-3)9-7-12(17)21-2/h6H,4-5,7-9H2,1-3H3. The summed E-state index contributed by atoms with van der Waals surface area (Å²) in [6.45, 7) is 0. The van der Waals surface area contributed by atoms with Crippen molar-refractivity contribution >= 4 is 23.7 Å². The van der Waals surface area contributed by atoms with Crippen molar-refractivity contribution < 1.29 is 33.4 Å². The van der Waals surface area contributed by atoms with Crippen LogP contribution in [0.25, 0.3) is 0 Å². The van der Waals surface area contributed by atoms with Crippen molar-refractivity contribution in [2.75, 3.05) is 21.3 Å². The number of ether oxygens (including phenoxy) is 3. The lowest BCUT2D eigenvalue weighted by Crippen LogP contribution is -2.38. The SMILES string of the molecule is COC(=O)CCC1=CCC(CCC(=O)OC)(C(=O)OC)C1=O. The quantitative estimate of drug-likeness (QED) is 0.392. The fourth-order valence-corrected chi connectivity index (χ4v) is 2.45. The molecule has 0 spiro atoms. The van der Waals surface area contributed by atoms with Crippen molar-refractivity contribution in [3.8, 4) is 0 Å². The summed E-state index contributed by atoms with van der Waals surface area (Å²) in [7, 11) is 3.70. The predicted octanol–water partition coefficient (Wildman–Crippen LogP) is 0.951. The van der Waals surface area contributed by atoms with Gasteiger partial charge in [0.05, 0.1) is 21.3 Å². The highest BCUT2D eigenvalue weighted by molar-refractivity contribution is 6.14. The van der Waals surface area contributed by atoms with E-state index in [-0.39, 0.29) is 32.1 Å². The third-order valence-electron chi connectivity index (χ3n) is 3.81. The number of Topliss-reactive ketones (excluding diaryl/α,β-unsaturated/α-hetero) is 1. The fraction of sp³-hybridized carbons (Fsp3) is 0.600. The van der Waals surface area contributed by atoms with Crippen LogP contribution < -0.4 is 0 Å². The molecule has 1 atom stereocenters. The van der Waals surface area contributed by atoms with E-state index in [1.54, 1.807) is 6.08 Å². The van der Waals surface area contributed by atoms with E-state index in [4.69, 9.17) is 4.74 Å². The van der Waals surface area contributed by atoms with Gasteiger partial charge in [0.15, 0.2) is 5.78 Å². The first kappa shape index (κ1) is 17.9. The van der Waals surface area contributed by atoms with Crippen LogP contribution in [-0.2, 0) is 33.4 Å². The molecule has 0 fully saturated rings. The van der Waals surface area contributed by atoms with Crippen LogP contribution in [0, 0.1) is 5.41 Å². The first-order chi connectivity index (χ1) is 10.4. The molecule has 0 aromatic rings. The van der Waals surface area contributed by atoms with E-state index in [1.165, 1.54) is 21.3 Å². The van der Waals surface area contributed by atoms with Crippen LogP contribution in [0.3, 0.4) is 0 Å². The molecule has 0 saturated carbocycles. The number of esters is 3. The van der Waals surface area contributed by atoms with Gasteiger partial charge in [-0.25, -0.2) is 0 Å². The molecule has 0 saturated heterocycles. The van der Waals surface area contributed by atoms with E-state index < -0.39 is 29.1 Å². The minimum absolute atomic E-state index is 0.0173. The molecule has 7 nitrogen and oxygen atoms in total. The number of methoxy groups -OCH3 is 3. The molecule has 0 aliphatic heterocycles. The smallest absolute Gasteiger partial charge is 0.320 e.